The van der Waals surface area contributed by atoms with Crippen molar-refractivity contribution in [2.75, 3.05) is 29.9 Å². The highest BCUT2D eigenvalue weighted by molar-refractivity contribution is 6.07. The summed E-state index contributed by atoms with van der Waals surface area (Å²) in [6.07, 6.45) is 0.952. The van der Waals surface area contributed by atoms with Crippen LogP contribution in [0, 0.1) is 6.92 Å². The first-order chi connectivity index (χ1) is 10.1. The summed E-state index contributed by atoms with van der Waals surface area (Å²) in [7, 11) is 3.89. The minimum Gasteiger partial charge on any atom is -0.373 e. The van der Waals surface area contributed by atoms with E-state index >= 15 is 0 Å². The van der Waals surface area contributed by atoms with Gasteiger partial charge in [0.25, 0.3) is 5.91 Å². The van der Waals surface area contributed by atoms with Crippen LogP contribution in [-0.2, 0) is 7.05 Å². The molecule has 1 aliphatic heterocycles. The Morgan fingerprint density at radius 1 is 1.14 bits per heavy atom. The number of benzene rings is 1. The van der Waals surface area contributed by atoms with Gasteiger partial charge in [-0.15, -0.1) is 0 Å². The standard InChI is InChI=1S/C16H20N4O/c1-12-11-15(19(3)17-12)16(21)20-10-6-9-18(2)13-7-4-5-8-14(13)20/h4-5,7-8,11H,6,9-10H2,1-3H3. The number of rotatable bonds is 1. The summed E-state index contributed by atoms with van der Waals surface area (Å²) in [5.74, 6) is 0.0147. The van der Waals surface area contributed by atoms with Crippen molar-refractivity contribution in [1.82, 2.24) is 9.78 Å². The minimum absolute atomic E-state index is 0.0147. The average Bonchev–Trinajstić information content (AvgIpc) is 2.71. The zero-order valence-electron chi connectivity index (χ0n) is 12.7. The third-order valence-electron chi connectivity index (χ3n) is 3.93. The number of carbonyl (C=O) groups excluding carboxylic acids is 1. The Kier molecular flexibility index (Phi) is 3.41. The Bertz CT molecular complexity index is 677. The quantitative estimate of drug-likeness (QED) is 0.806. The maximum atomic E-state index is 12.9. The fourth-order valence-corrected chi connectivity index (χ4v) is 2.88. The van der Waals surface area contributed by atoms with Gasteiger partial charge in [-0.1, -0.05) is 12.1 Å². The van der Waals surface area contributed by atoms with Gasteiger partial charge < -0.3 is 9.80 Å². The lowest BCUT2D eigenvalue weighted by Crippen LogP contribution is -2.33. The maximum absolute atomic E-state index is 12.9. The van der Waals surface area contributed by atoms with E-state index in [1.165, 1.54) is 0 Å². The van der Waals surface area contributed by atoms with Crippen molar-refractivity contribution in [1.29, 1.82) is 0 Å². The Hall–Kier alpha value is -2.30. The highest BCUT2D eigenvalue weighted by Gasteiger charge is 2.25. The number of fused-ring (bicyclic) bond motifs is 1. The third-order valence-corrected chi connectivity index (χ3v) is 3.93. The second-order valence-corrected chi connectivity index (χ2v) is 5.52. The highest BCUT2D eigenvalue weighted by atomic mass is 16.2. The normalized spacial score (nSPS) is 14.8. The lowest BCUT2D eigenvalue weighted by molar-refractivity contribution is 0.0978. The van der Waals surface area contributed by atoms with E-state index in [4.69, 9.17) is 0 Å². The number of hydrogen-bond donors (Lipinski definition) is 0. The first-order valence-electron chi connectivity index (χ1n) is 7.20. The zero-order valence-corrected chi connectivity index (χ0v) is 12.7. The maximum Gasteiger partial charge on any atom is 0.276 e. The number of carbonyl (C=O) groups is 1. The molecule has 0 saturated carbocycles. The molecular weight excluding hydrogens is 264 g/mol. The molecule has 5 nitrogen and oxygen atoms in total. The number of aromatic nitrogens is 2. The van der Waals surface area contributed by atoms with Gasteiger partial charge in [0.15, 0.2) is 0 Å². The molecule has 1 aromatic heterocycles. The fourth-order valence-electron chi connectivity index (χ4n) is 2.88. The molecule has 0 N–H and O–H groups in total. The van der Waals surface area contributed by atoms with Crippen molar-refractivity contribution in [2.24, 2.45) is 7.05 Å². The third kappa shape index (κ3) is 2.39. The molecule has 0 saturated heterocycles. The van der Waals surface area contributed by atoms with Gasteiger partial charge >= 0.3 is 0 Å². The van der Waals surface area contributed by atoms with Crippen molar-refractivity contribution in [3.05, 3.63) is 41.7 Å². The number of hydrogen-bond acceptors (Lipinski definition) is 3. The van der Waals surface area contributed by atoms with E-state index in [0.717, 1.165) is 36.6 Å². The number of nitrogens with zero attached hydrogens (tertiary/aromatic N) is 4. The van der Waals surface area contributed by atoms with Gasteiger partial charge in [-0.05, 0) is 31.5 Å². The van der Waals surface area contributed by atoms with Gasteiger partial charge in [0.2, 0.25) is 0 Å². The molecule has 21 heavy (non-hydrogen) atoms. The van der Waals surface area contributed by atoms with Gasteiger partial charge in [-0.2, -0.15) is 5.10 Å². The second-order valence-electron chi connectivity index (χ2n) is 5.52. The smallest absolute Gasteiger partial charge is 0.276 e. The number of anilines is 2. The zero-order chi connectivity index (χ0) is 15.0. The Morgan fingerprint density at radius 3 is 2.52 bits per heavy atom. The molecular formula is C16H20N4O. The van der Waals surface area contributed by atoms with Gasteiger partial charge in [-0.3, -0.25) is 9.48 Å². The monoisotopic (exact) mass is 284 g/mol. The lowest BCUT2D eigenvalue weighted by Gasteiger charge is -2.24. The van der Waals surface area contributed by atoms with Gasteiger partial charge in [0.1, 0.15) is 5.69 Å². The molecule has 0 aliphatic carbocycles. The predicted octanol–water partition coefficient (Wildman–Crippen LogP) is 2.22. The topological polar surface area (TPSA) is 41.4 Å². The number of amides is 1. The Labute approximate surface area is 124 Å². The summed E-state index contributed by atoms with van der Waals surface area (Å²) in [5.41, 5.74) is 3.57. The summed E-state index contributed by atoms with van der Waals surface area (Å²) >= 11 is 0. The fraction of sp³-hybridized carbons (Fsp3) is 0.375. The molecule has 0 fully saturated rings. The van der Waals surface area contributed by atoms with E-state index in [-0.39, 0.29) is 5.91 Å². The summed E-state index contributed by atoms with van der Waals surface area (Å²) < 4.78 is 1.66. The second kappa shape index (κ2) is 5.24. The SMILES string of the molecule is Cc1cc(C(=O)N2CCCN(C)c3ccccc32)n(C)n1. The van der Waals surface area contributed by atoms with Crippen LogP contribution in [0.3, 0.4) is 0 Å². The van der Waals surface area contributed by atoms with Crippen LogP contribution in [0.15, 0.2) is 30.3 Å². The van der Waals surface area contributed by atoms with Crippen LogP contribution >= 0.6 is 0 Å². The van der Waals surface area contributed by atoms with Crippen LogP contribution in [-0.4, -0.2) is 35.8 Å². The van der Waals surface area contributed by atoms with Gasteiger partial charge in [0, 0.05) is 27.2 Å². The van der Waals surface area contributed by atoms with E-state index in [2.05, 4.69) is 23.1 Å². The summed E-state index contributed by atoms with van der Waals surface area (Å²) in [4.78, 5) is 17.0. The molecule has 0 radical (unpaired) electrons. The lowest BCUT2D eigenvalue weighted by atomic mass is 10.2. The Morgan fingerprint density at radius 2 is 1.86 bits per heavy atom. The molecule has 5 heteroatoms. The van der Waals surface area contributed by atoms with Gasteiger partial charge in [-0.25, -0.2) is 0 Å². The average molecular weight is 284 g/mol. The van der Waals surface area contributed by atoms with E-state index in [9.17, 15) is 4.79 Å². The van der Waals surface area contributed by atoms with Crippen molar-refractivity contribution in [3.8, 4) is 0 Å². The predicted molar refractivity (Wildman–Crippen MR) is 84.0 cm³/mol. The molecule has 1 aromatic carbocycles. The van der Waals surface area contributed by atoms with Gasteiger partial charge in [0.05, 0.1) is 17.1 Å². The number of aryl methyl sites for hydroxylation is 2. The largest absolute Gasteiger partial charge is 0.373 e. The first-order valence-corrected chi connectivity index (χ1v) is 7.20. The molecule has 1 aliphatic rings. The molecule has 0 bridgehead atoms. The van der Waals surface area contributed by atoms with Crippen molar-refractivity contribution >= 4 is 17.3 Å². The molecule has 0 unspecified atom stereocenters. The minimum atomic E-state index is 0.0147. The highest BCUT2D eigenvalue weighted by Crippen LogP contribution is 2.32. The molecule has 0 spiro atoms. The molecule has 0 atom stereocenters. The summed E-state index contributed by atoms with van der Waals surface area (Å²) in [6.45, 7) is 3.58. The van der Waals surface area contributed by atoms with Crippen LogP contribution in [0.2, 0.25) is 0 Å². The van der Waals surface area contributed by atoms with Crippen LogP contribution in [0.25, 0.3) is 0 Å². The number of para-hydroxylation sites is 2. The van der Waals surface area contributed by atoms with E-state index in [0.29, 0.717) is 5.69 Å². The molecule has 3 rings (SSSR count). The Balaban J connectivity index is 2.04. The van der Waals surface area contributed by atoms with Crippen LogP contribution in [0.4, 0.5) is 11.4 Å². The van der Waals surface area contributed by atoms with Crippen LogP contribution in [0.5, 0.6) is 0 Å². The van der Waals surface area contributed by atoms with E-state index in [1.54, 1.807) is 4.68 Å². The first kappa shape index (κ1) is 13.7. The van der Waals surface area contributed by atoms with Crippen LogP contribution in [0.1, 0.15) is 22.6 Å². The molecule has 1 amide bonds. The van der Waals surface area contributed by atoms with Crippen molar-refractivity contribution < 1.29 is 4.79 Å². The summed E-state index contributed by atoms with van der Waals surface area (Å²) in [5, 5.41) is 4.28. The van der Waals surface area contributed by atoms with E-state index in [1.807, 2.05) is 43.1 Å². The van der Waals surface area contributed by atoms with E-state index < -0.39 is 0 Å². The van der Waals surface area contributed by atoms with Crippen molar-refractivity contribution in [3.63, 3.8) is 0 Å². The molecule has 2 heterocycles. The molecule has 110 valence electrons. The van der Waals surface area contributed by atoms with Crippen LogP contribution < -0.4 is 9.80 Å². The molecule has 2 aromatic rings. The summed E-state index contributed by atoms with van der Waals surface area (Å²) in [6, 6.07) is 9.91. The van der Waals surface area contributed by atoms with Crippen molar-refractivity contribution in [2.45, 2.75) is 13.3 Å².